The molecule has 8 heteroatoms. The van der Waals surface area contributed by atoms with Crippen molar-refractivity contribution in [3.63, 3.8) is 0 Å². The van der Waals surface area contributed by atoms with E-state index in [9.17, 15) is 19.6 Å². The van der Waals surface area contributed by atoms with Gasteiger partial charge in [0.25, 0.3) is 0 Å². The van der Waals surface area contributed by atoms with Gasteiger partial charge in [0, 0.05) is 6.54 Å². The third-order valence-corrected chi connectivity index (χ3v) is 4.63. The number of carbonyl (C=O) groups excluding carboxylic acids is 3. The highest BCUT2D eigenvalue weighted by Gasteiger charge is 2.34. The molecule has 0 aliphatic heterocycles. The third-order valence-electron chi connectivity index (χ3n) is 4.63. The molecule has 2 atom stereocenters. The molecule has 8 nitrogen and oxygen atoms in total. The minimum atomic E-state index is -0.994. The van der Waals surface area contributed by atoms with E-state index < -0.39 is 29.7 Å². The Kier molecular flexibility index (Phi) is 10.7. The molecule has 3 amide bonds. The predicted octanol–water partition coefficient (Wildman–Crippen LogP) is 3.61. The number of aryl methyl sites for hydroxylation is 1. The first-order valence-electron chi connectivity index (χ1n) is 11.0. The molecule has 176 valence electrons. The van der Waals surface area contributed by atoms with Crippen molar-refractivity contribution in [1.82, 2.24) is 15.5 Å². The number of nitriles is 1. The fourth-order valence-corrected chi connectivity index (χ4v) is 3.16. The summed E-state index contributed by atoms with van der Waals surface area (Å²) in [4.78, 5) is 39.7. The van der Waals surface area contributed by atoms with Crippen LogP contribution in [0.3, 0.4) is 0 Å². The lowest BCUT2D eigenvalue weighted by Gasteiger charge is -2.32. The lowest BCUT2D eigenvalue weighted by atomic mass is 10.0. The summed E-state index contributed by atoms with van der Waals surface area (Å²) in [5, 5.41) is 14.8. The van der Waals surface area contributed by atoms with Crippen LogP contribution in [0.15, 0.2) is 24.3 Å². The van der Waals surface area contributed by atoms with E-state index in [0.717, 1.165) is 24.8 Å². The van der Waals surface area contributed by atoms with Crippen LogP contribution in [0.5, 0.6) is 0 Å². The number of nitrogens with zero attached hydrogens (tertiary/aromatic N) is 2. The Morgan fingerprint density at radius 1 is 1.22 bits per heavy atom. The second-order valence-electron chi connectivity index (χ2n) is 8.81. The smallest absolute Gasteiger partial charge is 0.408 e. The van der Waals surface area contributed by atoms with Crippen molar-refractivity contribution in [3.8, 4) is 6.07 Å². The molecule has 32 heavy (non-hydrogen) atoms. The van der Waals surface area contributed by atoms with Crippen molar-refractivity contribution < 1.29 is 19.1 Å². The average molecular weight is 445 g/mol. The summed E-state index contributed by atoms with van der Waals surface area (Å²) in [7, 11) is 0. The molecule has 0 bridgehead atoms. The number of hydrogen-bond donors (Lipinski definition) is 2. The van der Waals surface area contributed by atoms with E-state index in [1.807, 2.05) is 25.1 Å². The zero-order valence-electron chi connectivity index (χ0n) is 20.0. The molecule has 0 saturated carbocycles. The number of benzene rings is 1. The van der Waals surface area contributed by atoms with Crippen LogP contribution in [0.1, 0.15) is 71.0 Å². The van der Waals surface area contributed by atoms with Gasteiger partial charge in [0.1, 0.15) is 24.2 Å². The van der Waals surface area contributed by atoms with Crippen LogP contribution >= 0.6 is 0 Å². The first-order chi connectivity index (χ1) is 15.0. The number of amides is 3. The fraction of sp³-hybridized carbons (Fsp3) is 0.583. The van der Waals surface area contributed by atoms with Crippen LogP contribution in [0.4, 0.5) is 4.79 Å². The van der Waals surface area contributed by atoms with Crippen molar-refractivity contribution in [3.05, 3.63) is 35.4 Å². The summed E-state index contributed by atoms with van der Waals surface area (Å²) in [6.45, 7) is 10.8. The molecule has 0 aromatic heterocycles. The topological polar surface area (TPSA) is 112 Å². The first kappa shape index (κ1) is 27.0. The van der Waals surface area contributed by atoms with Crippen LogP contribution in [0, 0.1) is 18.3 Å². The standard InChI is InChI=1S/C24H36N4O4/c1-7-8-9-14-26-21(29)20(19-12-10-11-17(2)16-19)28(15-13-25)22(30)18(3)27-23(31)32-24(4,5)6/h10-12,16,18,20H,7-9,14-15H2,1-6H3,(H,26,29)(H,27,31). The maximum atomic E-state index is 13.2. The quantitative estimate of drug-likeness (QED) is 0.423. The van der Waals surface area contributed by atoms with Crippen LogP contribution in [0.25, 0.3) is 0 Å². The molecular weight excluding hydrogens is 408 g/mol. The van der Waals surface area contributed by atoms with E-state index in [2.05, 4.69) is 17.6 Å². The number of ether oxygens (including phenoxy) is 1. The highest BCUT2D eigenvalue weighted by atomic mass is 16.6. The SMILES string of the molecule is CCCCCNC(=O)C(c1cccc(C)c1)N(CC#N)C(=O)C(C)NC(=O)OC(C)(C)C. The summed E-state index contributed by atoms with van der Waals surface area (Å²) >= 11 is 0. The second-order valence-corrected chi connectivity index (χ2v) is 8.81. The lowest BCUT2D eigenvalue weighted by molar-refractivity contribution is -0.141. The number of hydrogen-bond acceptors (Lipinski definition) is 5. The summed E-state index contributed by atoms with van der Waals surface area (Å²) in [6, 6.07) is 7.26. The Bertz CT molecular complexity index is 826. The molecule has 0 spiro atoms. The van der Waals surface area contributed by atoms with Crippen molar-refractivity contribution in [2.45, 2.75) is 78.5 Å². The van der Waals surface area contributed by atoms with E-state index in [-0.39, 0.29) is 12.5 Å². The molecular formula is C24H36N4O4. The molecule has 0 saturated heterocycles. The summed E-state index contributed by atoms with van der Waals surface area (Å²) in [5.41, 5.74) is 0.809. The largest absolute Gasteiger partial charge is 0.444 e. The van der Waals surface area contributed by atoms with Gasteiger partial charge < -0.3 is 20.3 Å². The van der Waals surface area contributed by atoms with Crippen LogP contribution in [-0.4, -0.2) is 47.5 Å². The predicted molar refractivity (Wildman–Crippen MR) is 123 cm³/mol. The molecule has 0 aliphatic carbocycles. The highest BCUT2D eigenvalue weighted by molar-refractivity contribution is 5.92. The van der Waals surface area contributed by atoms with Gasteiger partial charge in [0.05, 0.1) is 6.07 Å². The third kappa shape index (κ3) is 8.96. The zero-order valence-corrected chi connectivity index (χ0v) is 20.0. The van der Waals surface area contributed by atoms with Crippen molar-refractivity contribution in [2.75, 3.05) is 13.1 Å². The number of carbonyl (C=O) groups is 3. The maximum absolute atomic E-state index is 13.2. The normalized spacial score (nSPS) is 12.8. The summed E-state index contributed by atoms with van der Waals surface area (Å²) < 4.78 is 5.22. The van der Waals surface area contributed by atoms with Gasteiger partial charge in [-0.3, -0.25) is 9.59 Å². The molecule has 2 unspecified atom stereocenters. The molecule has 0 heterocycles. The monoisotopic (exact) mass is 444 g/mol. The van der Waals surface area contributed by atoms with Crippen LogP contribution in [-0.2, 0) is 14.3 Å². The van der Waals surface area contributed by atoms with Crippen LogP contribution in [0.2, 0.25) is 0 Å². The Morgan fingerprint density at radius 3 is 2.47 bits per heavy atom. The van der Waals surface area contributed by atoms with Gasteiger partial charge in [-0.05, 0) is 46.6 Å². The summed E-state index contributed by atoms with van der Waals surface area (Å²) in [6.07, 6.45) is 2.08. The van der Waals surface area contributed by atoms with E-state index in [0.29, 0.717) is 12.1 Å². The number of nitrogens with one attached hydrogen (secondary N) is 2. The van der Waals surface area contributed by atoms with E-state index >= 15 is 0 Å². The minimum absolute atomic E-state index is 0.305. The van der Waals surface area contributed by atoms with Gasteiger partial charge in [-0.25, -0.2) is 4.79 Å². The van der Waals surface area contributed by atoms with Gasteiger partial charge in [-0.15, -0.1) is 0 Å². The fourth-order valence-electron chi connectivity index (χ4n) is 3.16. The molecule has 1 rings (SSSR count). The van der Waals surface area contributed by atoms with Crippen molar-refractivity contribution in [2.24, 2.45) is 0 Å². The minimum Gasteiger partial charge on any atom is -0.444 e. The Morgan fingerprint density at radius 2 is 1.91 bits per heavy atom. The van der Waals surface area contributed by atoms with Crippen LogP contribution < -0.4 is 10.6 Å². The van der Waals surface area contributed by atoms with E-state index in [4.69, 9.17) is 4.74 Å². The number of rotatable bonds is 10. The van der Waals surface area contributed by atoms with Crippen molar-refractivity contribution >= 4 is 17.9 Å². The highest BCUT2D eigenvalue weighted by Crippen LogP contribution is 2.23. The van der Waals surface area contributed by atoms with Crippen molar-refractivity contribution in [1.29, 1.82) is 5.26 Å². The Balaban J connectivity index is 3.17. The van der Waals surface area contributed by atoms with Gasteiger partial charge in [0.2, 0.25) is 11.8 Å². The average Bonchev–Trinajstić information content (AvgIpc) is 2.69. The second kappa shape index (κ2) is 12.7. The Labute approximate surface area is 191 Å². The summed E-state index contributed by atoms with van der Waals surface area (Å²) in [5.74, 6) is -0.910. The maximum Gasteiger partial charge on any atom is 0.408 e. The molecule has 0 aliphatic rings. The van der Waals surface area contributed by atoms with Gasteiger partial charge >= 0.3 is 6.09 Å². The molecule has 1 aromatic carbocycles. The van der Waals surface area contributed by atoms with Gasteiger partial charge in [-0.1, -0.05) is 49.6 Å². The molecule has 2 N–H and O–H groups in total. The zero-order chi connectivity index (χ0) is 24.3. The molecule has 1 aromatic rings. The Hall–Kier alpha value is -3.08. The van der Waals surface area contributed by atoms with E-state index in [1.54, 1.807) is 32.9 Å². The number of alkyl carbamates (subject to hydrolysis) is 1. The lowest BCUT2D eigenvalue weighted by Crippen LogP contribution is -2.52. The number of unbranched alkanes of at least 4 members (excludes halogenated alkanes) is 2. The van der Waals surface area contributed by atoms with E-state index in [1.165, 1.54) is 11.8 Å². The molecule has 0 fully saturated rings. The first-order valence-corrected chi connectivity index (χ1v) is 11.0. The molecule has 0 radical (unpaired) electrons. The van der Waals surface area contributed by atoms with Gasteiger partial charge in [-0.2, -0.15) is 5.26 Å². The van der Waals surface area contributed by atoms with Gasteiger partial charge in [0.15, 0.2) is 0 Å².